The van der Waals surface area contributed by atoms with Crippen molar-refractivity contribution >= 4 is 5.69 Å². The molecule has 0 heterocycles. The van der Waals surface area contributed by atoms with Crippen molar-refractivity contribution in [2.75, 3.05) is 6.61 Å². The maximum atomic E-state index is 10.7. The van der Waals surface area contributed by atoms with Gasteiger partial charge in [-0.05, 0) is 32.9 Å². The first kappa shape index (κ1) is 14.2. The summed E-state index contributed by atoms with van der Waals surface area (Å²) in [4.78, 5) is 10.2. The average Bonchev–Trinajstić information content (AvgIpc) is 2.28. The van der Waals surface area contributed by atoms with Crippen molar-refractivity contribution in [1.82, 2.24) is 0 Å². The number of hydrogen-bond acceptors (Lipinski definition) is 4. The Labute approximate surface area is 106 Å². The summed E-state index contributed by atoms with van der Waals surface area (Å²) in [6.45, 7) is 5.83. The first-order valence-electron chi connectivity index (χ1n) is 5.64. The van der Waals surface area contributed by atoms with E-state index < -0.39 is 11.0 Å². The Morgan fingerprint density at radius 2 is 2.22 bits per heavy atom. The second-order valence-corrected chi connectivity index (χ2v) is 4.25. The van der Waals surface area contributed by atoms with Crippen LogP contribution < -0.4 is 4.74 Å². The van der Waals surface area contributed by atoms with Crippen LogP contribution in [0.15, 0.2) is 29.8 Å². The van der Waals surface area contributed by atoms with E-state index in [2.05, 4.69) is 0 Å². The zero-order valence-electron chi connectivity index (χ0n) is 10.7. The molecule has 1 atom stereocenters. The molecule has 0 bridgehead atoms. The fourth-order valence-corrected chi connectivity index (χ4v) is 1.41. The SMILES string of the molecule is CC(C)=CCOc1ccc([N+](=O)[O-])cc1[C@@H](C)O. The Morgan fingerprint density at radius 3 is 2.72 bits per heavy atom. The quantitative estimate of drug-likeness (QED) is 0.496. The predicted octanol–water partition coefficient (Wildman–Crippen LogP) is 2.99. The van der Waals surface area contributed by atoms with Crippen LogP contribution in [0.3, 0.4) is 0 Å². The molecule has 98 valence electrons. The van der Waals surface area contributed by atoms with Gasteiger partial charge in [-0.1, -0.05) is 5.57 Å². The van der Waals surface area contributed by atoms with Crippen LogP contribution in [-0.2, 0) is 0 Å². The van der Waals surface area contributed by atoms with Crippen molar-refractivity contribution < 1.29 is 14.8 Å². The molecular formula is C13H17NO4. The van der Waals surface area contributed by atoms with Gasteiger partial charge in [-0.3, -0.25) is 10.1 Å². The van der Waals surface area contributed by atoms with Gasteiger partial charge < -0.3 is 9.84 Å². The lowest BCUT2D eigenvalue weighted by Crippen LogP contribution is -2.02. The molecule has 0 unspecified atom stereocenters. The molecule has 0 saturated carbocycles. The minimum absolute atomic E-state index is 0.0551. The van der Waals surface area contributed by atoms with Crippen LogP contribution in [0, 0.1) is 10.1 Å². The van der Waals surface area contributed by atoms with Gasteiger partial charge >= 0.3 is 0 Å². The topological polar surface area (TPSA) is 72.6 Å². The molecule has 0 aromatic heterocycles. The maximum Gasteiger partial charge on any atom is 0.270 e. The van der Waals surface area contributed by atoms with Crippen LogP contribution in [0.25, 0.3) is 0 Å². The lowest BCUT2D eigenvalue weighted by Gasteiger charge is -2.12. The lowest BCUT2D eigenvalue weighted by atomic mass is 10.1. The number of aliphatic hydroxyl groups is 1. The molecule has 1 aromatic carbocycles. The number of aliphatic hydroxyl groups excluding tert-OH is 1. The Hall–Kier alpha value is -1.88. The lowest BCUT2D eigenvalue weighted by molar-refractivity contribution is -0.385. The minimum Gasteiger partial charge on any atom is -0.489 e. The highest BCUT2D eigenvalue weighted by molar-refractivity contribution is 5.44. The number of hydrogen-bond donors (Lipinski definition) is 1. The van der Waals surface area contributed by atoms with Gasteiger partial charge in [-0.2, -0.15) is 0 Å². The number of nitro groups is 1. The van der Waals surface area contributed by atoms with Crippen molar-refractivity contribution in [3.05, 3.63) is 45.5 Å². The smallest absolute Gasteiger partial charge is 0.270 e. The number of non-ortho nitro benzene ring substituents is 1. The first-order valence-corrected chi connectivity index (χ1v) is 5.64. The third-order valence-corrected chi connectivity index (χ3v) is 2.38. The summed E-state index contributed by atoms with van der Waals surface area (Å²) in [5.41, 5.74) is 1.49. The third kappa shape index (κ3) is 3.85. The molecule has 1 rings (SSSR count). The maximum absolute atomic E-state index is 10.7. The fourth-order valence-electron chi connectivity index (χ4n) is 1.41. The summed E-state index contributed by atoms with van der Waals surface area (Å²) >= 11 is 0. The van der Waals surface area contributed by atoms with Crippen LogP contribution in [0.4, 0.5) is 5.69 Å². The zero-order valence-corrected chi connectivity index (χ0v) is 10.7. The van der Waals surface area contributed by atoms with Crippen molar-refractivity contribution in [2.24, 2.45) is 0 Å². The summed E-state index contributed by atoms with van der Waals surface area (Å²) in [6, 6.07) is 4.21. The number of allylic oxidation sites excluding steroid dienone is 1. The summed E-state index contributed by atoms with van der Waals surface area (Å²) in [5, 5.41) is 20.3. The summed E-state index contributed by atoms with van der Waals surface area (Å²) in [6.07, 6.45) is 1.08. The van der Waals surface area contributed by atoms with Gasteiger partial charge in [0.1, 0.15) is 12.4 Å². The Morgan fingerprint density at radius 1 is 1.56 bits per heavy atom. The van der Waals surface area contributed by atoms with E-state index in [0.29, 0.717) is 17.9 Å². The molecule has 0 radical (unpaired) electrons. The van der Waals surface area contributed by atoms with E-state index in [9.17, 15) is 15.2 Å². The first-order chi connectivity index (χ1) is 8.41. The highest BCUT2D eigenvalue weighted by Gasteiger charge is 2.15. The Kier molecular flexibility index (Phi) is 4.85. The van der Waals surface area contributed by atoms with Crippen LogP contribution in [0.5, 0.6) is 5.75 Å². The van der Waals surface area contributed by atoms with Gasteiger partial charge in [-0.15, -0.1) is 0 Å². The highest BCUT2D eigenvalue weighted by Crippen LogP contribution is 2.29. The molecule has 1 N–H and O–H groups in total. The van der Waals surface area contributed by atoms with E-state index in [4.69, 9.17) is 4.74 Å². The van der Waals surface area contributed by atoms with Crippen LogP contribution in [-0.4, -0.2) is 16.6 Å². The van der Waals surface area contributed by atoms with Gasteiger partial charge in [0.25, 0.3) is 5.69 Å². The average molecular weight is 251 g/mol. The molecule has 0 fully saturated rings. The van der Waals surface area contributed by atoms with E-state index >= 15 is 0 Å². The minimum atomic E-state index is -0.813. The van der Waals surface area contributed by atoms with Crippen LogP contribution in [0.2, 0.25) is 0 Å². The molecule has 0 aliphatic carbocycles. The standard InChI is InChI=1S/C13H17NO4/c1-9(2)6-7-18-13-5-4-11(14(16)17)8-12(13)10(3)15/h4-6,8,10,15H,7H2,1-3H3/t10-/m1/s1. The van der Waals surface area contributed by atoms with Gasteiger partial charge in [0.05, 0.1) is 11.0 Å². The monoisotopic (exact) mass is 251 g/mol. The second kappa shape index (κ2) is 6.16. The van der Waals surface area contributed by atoms with Crippen LogP contribution >= 0.6 is 0 Å². The number of nitro benzene ring substituents is 1. The number of nitrogens with zero attached hydrogens (tertiary/aromatic N) is 1. The van der Waals surface area contributed by atoms with Gasteiger partial charge in [0, 0.05) is 17.7 Å². The van der Waals surface area contributed by atoms with Gasteiger partial charge in [-0.25, -0.2) is 0 Å². The molecule has 1 aromatic rings. The molecular weight excluding hydrogens is 234 g/mol. The van der Waals surface area contributed by atoms with Crippen molar-refractivity contribution in [2.45, 2.75) is 26.9 Å². The van der Waals surface area contributed by atoms with Crippen molar-refractivity contribution in [1.29, 1.82) is 0 Å². The van der Waals surface area contributed by atoms with Gasteiger partial charge in [0.2, 0.25) is 0 Å². The molecule has 0 aliphatic heterocycles. The van der Waals surface area contributed by atoms with E-state index in [1.54, 1.807) is 6.92 Å². The van der Waals surface area contributed by atoms with E-state index in [0.717, 1.165) is 5.57 Å². The molecule has 0 saturated heterocycles. The number of rotatable bonds is 5. The predicted molar refractivity (Wildman–Crippen MR) is 68.7 cm³/mol. The third-order valence-electron chi connectivity index (χ3n) is 2.38. The summed E-state index contributed by atoms with van der Waals surface area (Å²) in [5.74, 6) is 0.466. The summed E-state index contributed by atoms with van der Waals surface area (Å²) < 4.78 is 5.49. The largest absolute Gasteiger partial charge is 0.489 e. The van der Waals surface area contributed by atoms with Crippen molar-refractivity contribution in [3.63, 3.8) is 0 Å². The van der Waals surface area contributed by atoms with Crippen molar-refractivity contribution in [3.8, 4) is 5.75 Å². The summed E-state index contributed by atoms with van der Waals surface area (Å²) in [7, 11) is 0. The molecule has 18 heavy (non-hydrogen) atoms. The van der Waals surface area contributed by atoms with Crippen LogP contribution in [0.1, 0.15) is 32.4 Å². The van der Waals surface area contributed by atoms with E-state index in [-0.39, 0.29) is 5.69 Å². The fraction of sp³-hybridized carbons (Fsp3) is 0.385. The molecule has 0 spiro atoms. The van der Waals surface area contributed by atoms with Gasteiger partial charge in [0.15, 0.2) is 0 Å². The normalized spacial score (nSPS) is 11.8. The molecule has 0 amide bonds. The Bertz CT molecular complexity index is 462. The number of ether oxygens (including phenoxy) is 1. The highest BCUT2D eigenvalue weighted by atomic mass is 16.6. The van der Waals surface area contributed by atoms with E-state index in [1.165, 1.54) is 18.2 Å². The number of benzene rings is 1. The Balaban J connectivity index is 2.97. The molecule has 5 heteroatoms. The van der Waals surface area contributed by atoms with E-state index in [1.807, 2.05) is 19.9 Å². The second-order valence-electron chi connectivity index (χ2n) is 4.25. The molecule has 0 aliphatic rings. The molecule has 5 nitrogen and oxygen atoms in total. The zero-order chi connectivity index (χ0) is 13.7.